The molecule has 2 aliphatic rings. The van der Waals surface area contributed by atoms with Gasteiger partial charge in [-0.25, -0.2) is 0 Å². The van der Waals surface area contributed by atoms with Crippen LogP contribution < -0.4 is 0 Å². The highest BCUT2D eigenvalue weighted by molar-refractivity contribution is 5.90. The van der Waals surface area contributed by atoms with Gasteiger partial charge in [0.1, 0.15) is 6.04 Å². The zero-order valence-electron chi connectivity index (χ0n) is 11.7. The van der Waals surface area contributed by atoms with Gasteiger partial charge in [-0.1, -0.05) is 13.8 Å². The summed E-state index contributed by atoms with van der Waals surface area (Å²) in [7, 11) is 0. The smallest absolute Gasteiger partial charge is 0.245 e. The maximum atomic E-state index is 12.5. The Morgan fingerprint density at radius 2 is 1.94 bits per heavy atom. The lowest BCUT2D eigenvalue weighted by molar-refractivity contribution is -0.140. The van der Waals surface area contributed by atoms with E-state index in [-0.39, 0.29) is 23.9 Å². The summed E-state index contributed by atoms with van der Waals surface area (Å²) >= 11 is 0. The lowest BCUT2D eigenvalue weighted by atomic mass is 10.0. The molecule has 0 saturated carbocycles. The molecule has 102 valence electrons. The number of rotatable bonds is 3. The van der Waals surface area contributed by atoms with Crippen molar-refractivity contribution in [3.05, 3.63) is 0 Å². The van der Waals surface area contributed by atoms with E-state index >= 15 is 0 Å². The molecule has 4 heteroatoms. The summed E-state index contributed by atoms with van der Waals surface area (Å²) in [4.78, 5) is 28.2. The van der Waals surface area contributed by atoms with Crippen LogP contribution in [0.5, 0.6) is 0 Å². The summed E-state index contributed by atoms with van der Waals surface area (Å²) in [6.45, 7) is 7.81. The van der Waals surface area contributed by atoms with Crippen molar-refractivity contribution in [3.63, 3.8) is 0 Å². The van der Waals surface area contributed by atoms with Gasteiger partial charge in [-0.05, 0) is 32.1 Å². The van der Waals surface area contributed by atoms with Crippen molar-refractivity contribution in [2.75, 3.05) is 13.1 Å². The molecule has 0 radical (unpaired) electrons. The third-order valence-electron chi connectivity index (χ3n) is 4.05. The fourth-order valence-electron chi connectivity index (χ4n) is 3.23. The Hall–Kier alpha value is -1.06. The minimum absolute atomic E-state index is 0.157. The van der Waals surface area contributed by atoms with E-state index in [1.807, 2.05) is 4.90 Å². The monoisotopic (exact) mass is 252 g/mol. The molecule has 0 aromatic rings. The fraction of sp³-hybridized carbons (Fsp3) is 0.857. The Balaban J connectivity index is 2.12. The molecular weight excluding hydrogens is 228 g/mol. The first-order valence-electron chi connectivity index (χ1n) is 7.10. The van der Waals surface area contributed by atoms with Crippen LogP contribution in [0.25, 0.3) is 0 Å². The molecule has 2 rings (SSSR count). The van der Waals surface area contributed by atoms with Gasteiger partial charge in [-0.2, -0.15) is 0 Å². The van der Waals surface area contributed by atoms with E-state index in [0.717, 1.165) is 25.8 Å². The van der Waals surface area contributed by atoms with Gasteiger partial charge in [0.2, 0.25) is 11.8 Å². The lowest BCUT2D eigenvalue weighted by Gasteiger charge is -2.31. The highest BCUT2D eigenvalue weighted by atomic mass is 16.2. The first kappa shape index (κ1) is 13.4. The Morgan fingerprint density at radius 1 is 1.22 bits per heavy atom. The molecule has 2 saturated heterocycles. The number of carbonyl (C=O) groups is 2. The molecule has 2 aliphatic heterocycles. The maximum absolute atomic E-state index is 12.5. The topological polar surface area (TPSA) is 40.6 Å². The molecule has 0 aliphatic carbocycles. The predicted octanol–water partition coefficient (Wildman–Crippen LogP) is 1.64. The quantitative estimate of drug-likeness (QED) is 0.766. The normalized spacial score (nSPS) is 26.6. The van der Waals surface area contributed by atoms with Crippen molar-refractivity contribution in [2.24, 2.45) is 5.92 Å². The van der Waals surface area contributed by atoms with E-state index in [0.29, 0.717) is 18.9 Å². The third-order valence-corrected chi connectivity index (χ3v) is 4.05. The van der Waals surface area contributed by atoms with Gasteiger partial charge in [0.15, 0.2) is 0 Å². The van der Waals surface area contributed by atoms with E-state index in [2.05, 4.69) is 20.8 Å². The van der Waals surface area contributed by atoms with E-state index in [9.17, 15) is 9.59 Å². The van der Waals surface area contributed by atoms with Crippen LogP contribution >= 0.6 is 0 Å². The van der Waals surface area contributed by atoms with Gasteiger partial charge in [0, 0.05) is 25.6 Å². The highest BCUT2D eigenvalue weighted by Gasteiger charge is 2.40. The molecule has 2 heterocycles. The molecule has 2 amide bonds. The summed E-state index contributed by atoms with van der Waals surface area (Å²) in [5, 5.41) is 0. The molecule has 0 N–H and O–H groups in total. The van der Waals surface area contributed by atoms with Crippen molar-refractivity contribution < 1.29 is 9.59 Å². The summed E-state index contributed by atoms with van der Waals surface area (Å²) in [5.74, 6) is 0.906. The maximum Gasteiger partial charge on any atom is 0.245 e. The van der Waals surface area contributed by atoms with Gasteiger partial charge < -0.3 is 9.80 Å². The van der Waals surface area contributed by atoms with Crippen LogP contribution in [-0.4, -0.2) is 46.8 Å². The van der Waals surface area contributed by atoms with Gasteiger partial charge in [0.05, 0.1) is 0 Å². The third kappa shape index (κ3) is 2.52. The van der Waals surface area contributed by atoms with Gasteiger partial charge in [0.25, 0.3) is 0 Å². The van der Waals surface area contributed by atoms with Crippen LogP contribution in [0.3, 0.4) is 0 Å². The molecular formula is C14H24N2O2. The summed E-state index contributed by atoms with van der Waals surface area (Å²) in [6.07, 6.45) is 3.31. The number of nitrogens with zero attached hydrogens (tertiary/aromatic N) is 2. The van der Waals surface area contributed by atoms with Crippen molar-refractivity contribution in [3.8, 4) is 0 Å². The average molecular weight is 252 g/mol. The Kier molecular flexibility index (Phi) is 3.93. The number of fused-ring (bicyclic) bond motifs is 1. The molecule has 0 aromatic carbocycles. The van der Waals surface area contributed by atoms with Crippen molar-refractivity contribution in [2.45, 2.75) is 58.5 Å². The number of amides is 2. The van der Waals surface area contributed by atoms with Crippen LogP contribution in [0.15, 0.2) is 0 Å². The van der Waals surface area contributed by atoms with Crippen LogP contribution in [0.4, 0.5) is 0 Å². The second-order valence-electron chi connectivity index (χ2n) is 6.01. The average Bonchev–Trinajstić information content (AvgIpc) is 2.72. The minimum atomic E-state index is -0.172. The van der Waals surface area contributed by atoms with Crippen molar-refractivity contribution in [1.82, 2.24) is 9.80 Å². The number of carbonyl (C=O) groups excluding carboxylic acids is 2. The first-order valence-corrected chi connectivity index (χ1v) is 7.10. The summed E-state index contributed by atoms with van der Waals surface area (Å²) in [6, 6.07) is 0.0699. The fourth-order valence-corrected chi connectivity index (χ4v) is 3.23. The standard InChI is InChI=1S/C14H24N2O2/c1-10(2)9-11(3)15-8-6-13(17)16-7-4-5-12(16)14(15)18/h10-12H,4-9H2,1-3H3. The van der Waals surface area contributed by atoms with Crippen molar-refractivity contribution in [1.29, 1.82) is 0 Å². The highest BCUT2D eigenvalue weighted by Crippen LogP contribution is 2.25. The van der Waals surface area contributed by atoms with E-state index in [4.69, 9.17) is 0 Å². The molecule has 2 unspecified atom stereocenters. The van der Waals surface area contributed by atoms with E-state index in [1.54, 1.807) is 4.90 Å². The van der Waals surface area contributed by atoms with Gasteiger partial charge in [-0.15, -0.1) is 0 Å². The molecule has 0 bridgehead atoms. The van der Waals surface area contributed by atoms with E-state index < -0.39 is 0 Å². The Morgan fingerprint density at radius 3 is 2.61 bits per heavy atom. The second kappa shape index (κ2) is 5.29. The SMILES string of the molecule is CC(C)CC(C)N1CCC(=O)N2CCCC2C1=O. The zero-order chi connectivity index (χ0) is 13.3. The number of hydrogen-bond acceptors (Lipinski definition) is 2. The molecule has 2 atom stereocenters. The zero-order valence-corrected chi connectivity index (χ0v) is 11.7. The van der Waals surface area contributed by atoms with Gasteiger partial charge in [-0.3, -0.25) is 9.59 Å². The largest absolute Gasteiger partial charge is 0.338 e. The minimum Gasteiger partial charge on any atom is -0.338 e. The second-order valence-corrected chi connectivity index (χ2v) is 6.01. The van der Waals surface area contributed by atoms with Crippen LogP contribution in [0.1, 0.15) is 46.5 Å². The number of hydrogen-bond donors (Lipinski definition) is 0. The molecule has 4 nitrogen and oxygen atoms in total. The summed E-state index contributed by atoms with van der Waals surface area (Å²) < 4.78 is 0. The Bertz CT molecular complexity index is 341. The molecule has 18 heavy (non-hydrogen) atoms. The Labute approximate surface area is 109 Å². The molecule has 0 aromatic heterocycles. The van der Waals surface area contributed by atoms with Crippen LogP contribution in [0.2, 0.25) is 0 Å². The van der Waals surface area contributed by atoms with Crippen LogP contribution in [0, 0.1) is 5.92 Å². The van der Waals surface area contributed by atoms with Crippen molar-refractivity contribution >= 4 is 11.8 Å². The van der Waals surface area contributed by atoms with Crippen LogP contribution in [-0.2, 0) is 9.59 Å². The summed E-state index contributed by atoms with van der Waals surface area (Å²) in [5.41, 5.74) is 0. The lowest BCUT2D eigenvalue weighted by Crippen LogP contribution is -2.47. The molecule has 0 spiro atoms. The molecule has 2 fully saturated rings. The predicted molar refractivity (Wildman–Crippen MR) is 70.0 cm³/mol. The van der Waals surface area contributed by atoms with E-state index in [1.165, 1.54) is 0 Å². The van der Waals surface area contributed by atoms with Gasteiger partial charge >= 0.3 is 0 Å². The first-order chi connectivity index (χ1) is 8.50.